The van der Waals surface area contributed by atoms with Gasteiger partial charge in [0.1, 0.15) is 11.3 Å². The molecule has 1 N–H and O–H groups in total. The van der Waals surface area contributed by atoms with Crippen molar-refractivity contribution in [2.75, 3.05) is 13.7 Å². The normalized spacial score (nSPS) is 11.1. The Labute approximate surface area is 139 Å². The van der Waals surface area contributed by atoms with Gasteiger partial charge in [-0.05, 0) is 42.8 Å². The first-order valence-electron chi connectivity index (χ1n) is 7.55. The number of carbonyl (C=O) groups excluding carboxylic acids is 1. The molecule has 1 aromatic carbocycles. The van der Waals surface area contributed by atoms with E-state index in [-0.39, 0.29) is 0 Å². The fourth-order valence-electron chi connectivity index (χ4n) is 2.46. The van der Waals surface area contributed by atoms with E-state index >= 15 is 0 Å². The SMILES string of the molecule is CCOC(=O)c1ccc2[nH]nc(/C=C/c3ccncc3)c2c1OC. The van der Waals surface area contributed by atoms with Crippen molar-refractivity contribution in [3.8, 4) is 5.75 Å². The van der Waals surface area contributed by atoms with E-state index in [4.69, 9.17) is 9.47 Å². The predicted molar refractivity (Wildman–Crippen MR) is 91.8 cm³/mol. The lowest BCUT2D eigenvalue weighted by molar-refractivity contribution is 0.0523. The minimum atomic E-state index is -0.415. The molecule has 0 atom stereocenters. The molecular weight excluding hydrogens is 306 g/mol. The number of benzene rings is 1. The number of aromatic nitrogens is 3. The first-order chi connectivity index (χ1) is 11.7. The van der Waals surface area contributed by atoms with Gasteiger partial charge in [-0.15, -0.1) is 0 Å². The minimum absolute atomic E-state index is 0.306. The third kappa shape index (κ3) is 2.99. The molecule has 0 saturated heterocycles. The van der Waals surface area contributed by atoms with Gasteiger partial charge in [0, 0.05) is 12.4 Å². The number of hydrogen-bond donors (Lipinski definition) is 1. The van der Waals surface area contributed by atoms with Crippen molar-refractivity contribution < 1.29 is 14.3 Å². The Balaban J connectivity index is 2.08. The second-order valence-electron chi connectivity index (χ2n) is 5.01. The zero-order valence-corrected chi connectivity index (χ0v) is 13.4. The van der Waals surface area contributed by atoms with Crippen molar-refractivity contribution in [2.24, 2.45) is 0 Å². The summed E-state index contributed by atoms with van der Waals surface area (Å²) in [5.41, 5.74) is 2.85. The Bertz CT molecular complexity index is 885. The summed E-state index contributed by atoms with van der Waals surface area (Å²) >= 11 is 0. The van der Waals surface area contributed by atoms with Crippen molar-refractivity contribution in [3.05, 3.63) is 53.5 Å². The zero-order valence-electron chi connectivity index (χ0n) is 13.4. The third-order valence-electron chi connectivity index (χ3n) is 3.55. The largest absolute Gasteiger partial charge is 0.495 e. The molecule has 2 aromatic heterocycles. The van der Waals surface area contributed by atoms with Crippen LogP contribution >= 0.6 is 0 Å². The van der Waals surface area contributed by atoms with Crippen LogP contribution in [-0.4, -0.2) is 34.9 Å². The Kier molecular flexibility index (Phi) is 4.56. The topological polar surface area (TPSA) is 77.1 Å². The van der Waals surface area contributed by atoms with Gasteiger partial charge in [-0.3, -0.25) is 10.1 Å². The van der Waals surface area contributed by atoms with Gasteiger partial charge >= 0.3 is 5.97 Å². The van der Waals surface area contributed by atoms with E-state index < -0.39 is 5.97 Å². The molecule has 2 heterocycles. The van der Waals surface area contributed by atoms with Gasteiger partial charge in [-0.2, -0.15) is 5.10 Å². The van der Waals surface area contributed by atoms with Gasteiger partial charge in [0.25, 0.3) is 0 Å². The lowest BCUT2D eigenvalue weighted by atomic mass is 10.1. The molecule has 0 aliphatic carbocycles. The van der Waals surface area contributed by atoms with Crippen molar-refractivity contribution in [1.82, 2.24) is 15.2 Å². The number of esters is 1. The predicted octanol–water partition coefficient (Wildman–Crippen LogP) is 3.31. The number of methoxy groups -OCH3 is 1. The molecular formula is C18H17N3O3. The van der Waals surface area contributed by atoms with E-state index in [1.54, 1.807) is 31.5 Å². The van der Waals surface area contributed by atoms with Crippen LogP contribution in [0.15, 0.2) is 36.7 Å². The summed E-state index contributed by atoms with van der Waals surface area (Å²) in [6.45, 7) is 2.07. The Morgan fingerprint density at radius 1 is 1.21 bits per heavy atom. The van der Waals surface area contributed by atoms with Crippen LogP contribution in [0, 0.1) is 0 Å². The van der Waals surface area contributed by atoms with E-state index in [1.807, 2.05) is 24.3 Å². The van der Waals surface area contributed by atoms with Crippen LogP contribution in [0.1, 0.15) is 28.5 Å². The fourth-order valence-corrected chi connectivity index (χ4v) is 2.46. The number of nitrogens with one attached hydrogen (secondary N) is 1. The maximum absolute atomic E-state index is 12.1. The van der Waals surface area contributed by atoms with Crippen molar-refractivity contribution in [3.63, 3.8) is 0 Å². The van der Waals surface area contributed by atoms with E-state index in [0.717, 1.165) is 16.5 Å². The summed E-state index contributed by atoms with van der Waals surface area (Å²) in [5, 5.41) is 8.00. The molecule has 6 heteroatoms. The fraction of sp³-hybridized carbons (Fsp3) is 0.167. The highest BCUT2D eigenvalue weighted by Crippen LogP contribution is 2.32. The highest BCUT2D eigenvalue weighted by molar-refractivity contribution is 6.03. The number of H-pyrrole nitrogens is 1. The first kappa shape index (κ1) is 15.7. The van der Waals surface area contributed by atoms with Crippen LogP contribution in [0.25, 0.3) is 23.1 Å². The molecule has 3 aromatic rings. The summed E-state index contributed by atoms with van der Waals surface area (Å²) < 4.78 is 10.6. The monoisotopic (exact) mass is 323 g/mol. The molecule has 0 spiro atoms. The van der Waals surface area contributed by atoms with Gasteiger partial charge < -0.3 is 9.47 Å². The van der Waals surface area contributed by atoms with E-state index in [2.05, 4.69) is 15.2 Å². The van der Waals surface area contributed by atoms with Crippen molar-refractivity contribution in [1.29, 1.82) is 0 Å². The van der Waals surface area contributed by atoms with Crippen LogP contribution in [-0.2, 0) is 4.74 Å². The molecule has 122 valence electrons. The number of fused-ring (bicyclic) bond motifs is 1. The van der Waals surface area contributed by atoms with Gasteiger partial charge in [-0.1, -0.05) is 6.08 Å². The minimum Gasteiger partial charge on any atom is -0.495 e. The number of nitrogens with zero attached hydrogens (tertiary/aromatic N) is 2. The van der Waals surface area contributed by atoms with Gasteiger partial charge in [0.2, 0.25) is 0 Å². The molecule has 0 aliphatic rings. The number of rotatable bonds is 5. The summed E-state index contributed by atoms with van der Waals surface area (Å²) in [6, 6.07) is 7.26. The van der Waals surface area contributed by atoms with E-state index in [1.165, 1.54) is 7.11 Å². The molecule has 0 amide bonds. The Morgan fingerprint density at radius 3 is 2.71 bits per heavy atom. The molecule has 0 fully saturated rings. The summed E-state index contributed by atoms with van der Waals surface area (Å²) in [7, 11) is 1.53. The Morgan fingerprint density at radius 2 is 2.00 bits per heavy atom. The maximum Gasteiger partial charge on any atom is 0.341 e. The quantitative estimate of drug-likeness (QED) is 0.729. The lowest BCUT2D eigenvalue weighted by Crippen LogP contribution is -2.07. The Hall–Kier alpha value is -3.15. The average molecular weight is 323 g/mol. The molecule has 0 radical (unpaired) electrons. The number of hydrogen-bond acceptors (Lipinski definition) is 5. The summed E-state index contributed by atoms with van der Waals surface area (Å²) in [5.74, 6) is 0.0376. The number of ether oxygens (including phenoxy) is 2. The van der Waals surface area contributed by atoms with Gasteiger partial charge in [-0.25, -0.2) is 4.79 Å². The molecule has 0 aliphatic heterocycles. The number of carbonyl (C=O) groups is 1. The van der Waals surface area contributed by atoms with Gasteiger partial charge in [0.15, 0.2) is 0 Å². The summed E-state index contributed by atoms with van der Waals surface area (Å²) in [4.78, 5) is 16.1. The van der Waals surface area contributed by atoms with Crippen LogP contribution in [0.4, 0.5) is 0 Å². The second-order valence-corrected chi connectivity index (χ2v) is 5.01. The zero-order chi connectivity index (χ0) is 16.9. The molecule has 3 rings (SSSR count). The summed E-state index contributed by atoms with van der Waals surface area (Å²) in [6.07, 6.45) is 7.24. The first-order valence-corrected chi connectivity index (χ1v) is 7.55. The molecule has 6 nitrogen and oxygen atoms in total. The lowest BCUT2D eigenvalue weighted by Gasteiger charge is -2.09. The number of pyridine rings is 1. The van der Waals surface area contributed by atoms with Crippen molar-refractivity contribution >= 4 is 29.0 Å². The van der Waals surface area contributed by atoms with Crippen LogP contribution in [0.3, 0.4) is 0 Å². The average Bonchev–Trinajstić information content (AvgIpc) is 3.03. The third-order valence-corrected chi connectivity index (χ3v) is 3.55. The second kappa shape index (κ2) is 6.95. The van der Waals surface area contributed by atoms with E-state index in [0.29, 0.717) is 23.6 Å². The van der Waals surface area contributed by atoms with Crippen molar-refractivity contribution in [2.45, 2.75) is 6.92 Å². The maximum atomic E-state index is 12.1. The van der Waals surface area contributed by atoms with Crippen LogP contribution < -0.4 is 4.74 Å². The molecule has 24 heavy (non-hydrogen) atoms. The molecule has 0 saturated carbocycles. The van der Waals surface area contributed by atoms with Crippen LogP contribution in [0.5, 0.6) is 5.75 Å². The standard InChI is InChI=1S/C18H17N3O3/c1-3-24-18(22)13-5-7-15-16(17(13)23-2)14(20-21-15)6-4-12-8-10-19-11-9-12/h4-11H,3H2,1-2H3,(H,20,21)/b6-4+. The highest BCUT2D eigenvalue weighted by Gasteiger charge is 2.19. The highest BCUT2D eigenvalue weighted by atomic mass is 16.5. The van der Waals surface area contributed by atoms with Gasteiger partial charge in [0.05, 0.1) is 30.3 Å². The van der Waals surface area contributed by atoms with Crippen LogP contribution in [0.2, 0.25) is 0 Å². The number of aromatic amines is 1. The molecule has 0 unspecified atom stereocenters. The van der Waals surface area contributed by atoms with E-state index in [9.17, 15) is 4.79 Å². The smallest absolute Gasteiger partial charge is 0.341 e. The molecule has 0 bridgehead atoms.